The van der Waals surface area contributed by atoms with Crippen LogP contribution >= 0.6 is 12.4 Å². The van der Waals surface area contributed by atoms with Crippen LogP contribution in [-0.4, -0.2) is 46.6 Å². The molecule has 11 heteroatoms. The van der Waals surface area contributed by atoms with E-state index in [1.54, 1.807) is 13.0 Å². The monoisotopic (exact) mass is 522 g/mol. The van der Waals surface area contributed by atoms with Gasteiger partial charge < -0.3 is 20.9 Å². The second kappa shape index (κ2) is 12.1. The molecule has 0 unspecified atom stereocenters. The Morgan fingerprint density at radius 1 is 1.11 bits per heavy atom. The fourth-order valence-electron chi connectivity index (χ4n) is 4.90. The first kappa shape index (κ1) is 29.0. The Morgan fingerprint density at radius 2 is 1.75 bits per heavy atom. The van der Waals surface area contributed by atoms with Crippen LogP contribution in [0.2, 0.25) is 0 Å². The number of aliphatic carboxylic acids is 1. The van der Waals surface area contributed by atoms with Gasteiger partial charge in [0.05, 0.1) is 18.9 Å². The molecule has 4 N–H and O–H groups in total. The lowest BCUT2D eigenvalue weighted by Gasteiger charge is -2.51. The van der Waals surface area contributed by atoms with Crippen LogP contribution in [0.4, 0.5) is 10.2 Å². The molecule has 0 spiro atoms. The summed E-state index contributed by atoms with van der Waals surface area (Å²) in [6.45, 7) is 2.22. The van der Waals surface area contributed by atoms with Crippen molar-refractivity contribution >= 4 is 36.1 Å². The van der Waals surface area contributed by atoms with E-state index in [2.05, 4.69) is 15.3 Å². The first-order chi connectivity index (χ1) is 16.6. The summed E-state index contributed by atoms with van der Waals surface area (Å²) in [5.74, 6) is -1.23. The van der Waals surface area contributed by atoms with E-state index in [4.69, 9.17) is 15.6 Å². The maximum Gasteiger partial charge on any atom is 0.311 e. The quantitative estimate of drug-likeness (QED) is 0.489. The number of aryl methyl sites for hydroxylation is 1. The highest BCUT2D eigenvalue weighted by Gasteiger charge is 2.53. The fraction of sp³-hybridized carbons (Fsp3) is 0.480. The number of nitrogens with one attached hydrogen (secondary N) is 1. The average Bonchev–Trinajstić information content (AvgIpc) is 2.85. The zero-order chi connectivity index (χ0) is 25.6. The molecule has 0 saturated heterocycles. The molecule has 3 fully saturated rings. The molecule has 36 heavy (non-hydrogen) atoms. The van der Waals surface area contributed by atoms with E-state index in [1.165, 1.54) is 31.6 Å². The highest BCUT2D eigenvalue weighted by atomic mass is 35.5. The number of nitrogens with two attached hydrogens (primary N) is 1. The van der Waals surface area contributed by atoms with Gasteiger partial charge in [-0.25, -0.2) is 14.4 Å². The van der Waals surface area contributed by atoms with E-state index in [-0.39, 0.29) is 58.9 Å². The van der Waals surface area contributed by atoms with Crippen LogP contribution in [0, 0.1) is 23.6 Å². The number of anilines is 1. The zero-order valence-electron chi connectivity index (χ0n) is 20.4. The summed E-state index contributed by atoms with van der Waals surface area (Å²) >= 11 is 0. The smallest absolute Gasteiger partial charge is 0.311 e. The molecular weight excluding hydrogens is 491 g/mol. The fourth-order valence-corrected chi connectivity index (χ4v) is 4.90. The number of rotatable bonds is 6. The first-order valence-electron chi connectivity index (χ1n) is 11.5. The van der Waals surface area contributed by atoms with Crippen LogP contribution in [0.25, 0.3) is 0 Å². The topological polar surface area (TPSA) is 144 Å². The summed E-state index contributed by atoms with van der Waals surface area (Å²) < 4.78 is 17.7. The molecule has 1 aromatic heterocycles. The number of carbonyl (C=O) groups is 3. The molecule has 3 aliphatic carbocycles. The number of hydrogen-bond donors (Lipinski definition) is 3. The first-order valence-corrected chi connectivity index (χ1v) is 11.5. The summed E-state index contributed by atoms with van der Waals surface area (Å²) in [5, 5.41) is 11.4. The molecular formula is C25H32ClFN4O5. The van der Waals surface area contributed by atoms with Crippen molar-refractivity contribution in [2.24, 2.45) is 10.8 Å². The maximum absolute atomic E-state index is 12.7. The molecule has 1 heterocycles. The molecule has 3 aliphatic rings. The van der Waals surface area contributed by atoms with Crippen molar-refractivity contribution in [1.29, 1.82) is 0 Å². The Labute approximate surface area is 215 Å². The Bertz CT molecular complexity index is 1090. The van der Waals surface area contributed by atoms with Crippen molar-refractivity contribution in [3.63, 3.8) is 0 Å². The van der Waals surface area contributed by atoms with Gasteiger partial charge in [-0.05, 0) is 68.1 Å². The Morgan fingerprint density at radius 3 is 2.28 bits per heavy atom. The molecule has 0 atom stereocenters. The Hall–Kier alpha value is -3.27. The minimum atomic E-state index is -0.902. The van der Waals surface area contributed by atoms with Gasteiger partial charge in [0.1, 0.15) is 23.7 Å². The second-order valence-electron chi connectivity index (χ2n) is 9.44. The van der Waals surface area contributed by atoms with E-state index < -0.39 is 5.97 Å². The number of esters is 1. The number of methoxy groups -OCH3 is 1. The number of hydrogen-bond acceptors (Lipinski definition) is 7. The van der Waals surface area contributed by atoms with Gasteiger partial charge in [-0.2, -0.15) is 0 Å². The Balaban J connectivity index is 0.000000299. The van der Waals surface area contributed by atoms with E-state index >= 15 is 0 Å². The van der Waals surface area contributed by atoms with Gasteiger partial charge in [0.2, 0.25) is 0 Å². The van der Waals surface area contributed by atoms with Crippen LogP contribution in [-0.2, 0) is 20.7 Å². The lowest BCUT2D eigenvalue weighted by molar-refractivity contribution is -0.162. The summed E-state index contributed by atoms with van der Waals surface area (Å²) in [5.41, 5.74) is 6.76. The normalized spacial score (nSPS) is 21.9. The number of aromatic nitrogens is 2. The lowest BCUT2D eigenvalue weighted by Crippen LogP contribution is -2.50. The van der Waals surface area contributed by atoms with Crippen LogP contribution in [0.3, 0.4) is 0 Å². The van der Waals surface area contributed by atoms with Crippen LogP contribution in [0.1, 0.15) is 60.1 Å². The van der Waals surface area contributed by atoms with Crippen molar-refractivity contribution in [2.75, 3.05) is 19.4 Å². The molecule has 0 radical (unpaired) electrons. The Kier molecular flexibility index (Phi) is 9.75. The minimum Gasteiger partial charge on any atom is -0.481 e. The van der Waals surface area contributed by atoms with Gasteiger partial charge in [0, 0.05) is 12.6 Å². The molecule has 3 saturated carbocycles. The number of nitrogen functional groups attached to an aromatic ring is 1. The van der Waals surface area contributed by atoms with Gasteiger partial charge in [-0.1, -0.05) is 12.1 Å². The van der Waals surface area contributed by atoms with E-state index in [0.717, 1.165) is 38.5 Å². The highest BCUT2D eigenvalue weighted by molar-refractivity contribution is 5.92. The average molecular weight is 523 g/mol. The number of amides is 1. The van der Waals surface area contributed by atoms with Gasteiger partial charge >= 0.3 is 11.9 Å². The summed E-state index contributed by atoms with van der Waals surface area (Å²) in [4.78, 5) is 42.2. The van der Waals surface area contributed by atoms with Crippen molar-refractivity contribution < 1.29 is 28.6 Å². The highest BCUT2D eigenvalue weighted by Crippen LogP contribution is 2.57. The largest absolute Gasteiger partial charge is 0.481 e. The molecule has 2 aromatic rings. The summed E-state index contributed by atoms with van der Waals surface area (Å²) in [6.07, 6.45) is 6.58. The van der Waals surface area contributed by atoms with E-state index in [0.29, 0.717) is 17.7 Å². The van der Waals surface area contributed by atoms with Gasteiger partial charge in [0.25, 0.3) is 5.91 Å². The number of ether oxygens (including phenoxy) is 1. The van der Waals surface area contributed by atoms with Crippen molar-refractivity contribution in [2.45, 2.75) is 51.9 Å². The predicted octanol–water partition coefficient (Wildman–Crippen LogP) is 3.49. The minimum absolute atomic E-state index is 0. The molecule has 9 nitrogen and oxygen atoms in total. The number of halogens is 2. The number of benzene rings is 1. The van der Waals surface area contributed by atoms with E-state index in [1.807, 2.05) is 0 Å². The van der Waals surface area contributed by atoms with Gasteiger partial charge in [0.15, 0.2) is 0 Å². The standard InChI is InChI=1S/C16H22N4O3.C9H9FO2.ClH/c1-23-14(22)16-5-2-15(3-6-16,4-7-16)9-18-13(21)11-8-12(17)20-10-19-11;1-6-4-7(5-9(11)12)2-3-8(6)10;/h8,10H,2-7,9H2,1H3,(H,18,21)(H2,17,19,20);2-4H,5H2,1H3,(H,11,12);1H. The number of nitrogens with zero attached hydrogens (tertiary/aromatic N) is 2. The summed E-state index contributed by atoms with van der Waals surface area (Å²) in [6, 6.07) is 5.78. The second-order valence-corrected chi connectivity index (χ2v) is 9.44. The summed E-state index contributed by atoms with van der Waals surface area (Å²) in [7, 11) is 1.46. The predicted molar refractivity (Wildman–Crippen MR) is 133 cm³/mol. The number of fused-ring (bicyclic) bond motifs is 3. The van der Waals surface area contributed by atoms with Crippen LogP contribution in [0.5, 0.6) is 0 Å². The molecule has 196 valence electrons. The lowest BCUT2D eigenvalue weighted by atomic mass is 9.53. The number of carbonyl (C=O) groups excluding carboxylic acids is 2. The molecule has 1 amide bonds. The van der Waals surface area contributed by atoms with Gasteiger partial charge in [-0.15, -0.1) is 12.4 Å². The molecule has 1 aromatic carbocycles. The number of carboxylic acids is 1. The zero-order valence-corrected chi connectivity index (χ0v) is 21.2. The SMILES string of the molecule is COC(=O)C12CCC(CNC(=O)c3cc(N)ncn3)(CC1)CC2.Cc1cc(CC(=O)O)ccc1F.Cl. The third-order valence-electron chi connectivity index (χ3n) is 7.14. The van der Waals surface area contributed by atoms with E-state index in [9.17, 15) is 18.8 Å². The molecule has 0 aliphatic heterocycles. The van der Waals surface area contributed by atoms with Crippen molar-refractivity contribution in [3.05, 3.63) is 53.2 Å². The third-order valence-corrected chi connectivity index (χ3v) is 7.14. The number of carboxylic acid groups (broad SMARTS) is 1. The maximum atomic E-state index is 12.7. The van der Waals surface area contributed by atoms with Crippen LogP contribution in [0.15, 0.2) is 30.6 Å². The molecule has 5 rings (SSSR count). The van der Waals surface area contributed by atoms with Crippen molar-refractivity contribution in [3.8, 4) is 0 Å². The van der Waals surface area contributed by atoms with Crippen molar-refractivity contribution in [1.82, 2.24) is 15.3 Å². The van der Waals surface area contributed by atoms with Gasteiger partial charge in [-0.3, -0.25) is 14.4 Å². The van der Waals surface area contributed by atoms with Crippen LogP contribution < -0.4 is 11.1 Å². The third kappa shape index (κ3) is 6.90. The molecule has 2 bridgehead atoms.